The van der Waals surface area contributed by atoms with Gasteiger partial charge in [0.05, 0.1) is 7.11 Å². The second-order valence-corrected chi connectivity index (χ2v) is 6.83. The lowest BCUT2D eigenvalue weighted by Gasteiger charge is -2.31. The van der Waals surface area contributed by atoms with E-state index in [1.807, 2.05) is 6.20 Å². The van der Waals surface area contributed by atoms with Crippen LogP contribution in [0.5, 0.6) is 5.75 Å². The van der Waals surface area contributed by atoms with E-state index in [0.717, 1.165) is 36.7 Å². The fourth-order valence-corrected chi connectivity index (χ4v) is 3.31. The number of aromatic nitrogens is 1. The highest BCUT2D eigenvalue weighted by molar-refractivity contribution is 5.41. The predicted molar refractivity (Wildman–Crippen MR) is 88.0 cm³/mol. The van der Waals surface area contributed by atoms with Gasteiger partial charge in [-0.05, 0) is 57.4 Å². The standard InChI is InChI=1S/C18H30N2O/c1-6-9-19-12-18(4,15-7-8-15)10-16-14(3)17(21-5)13(2)11-20-16/h11,15,19H,6-10,12H2,1-5H3. The van der Waals surface area contributed by atoms with Crippen molar-refractivity contribution >= 4 is 0 Å². The molecule has 0 aliphatic heterocycles. The highest BCUT2D eigenvalue weighted by Gasteiger charge is 2.41. The predicted octanol–water partition coefficient (Wildman–Crippen LogP) is 3.67. The summed E-state index contributed by atoms with van der Waals surface area (Å²) < 4.78 is 5.55. The fraction of sp³-hybridized carbons (Fsp3) is 0.722. The molecule has 1 aromatic heterocycles. The molecule has 1 heterocycles. The summed E-state index contributed by atoms with van der Waals surface area (Å²) in [6, 6.07) is 0. The number of pyridine rings is 1. The minimum Gasteiger partial charge on any atom is -0.496 e. The molecule has 118 valence electrons. The molecule has 0 radical (unpaired) electrons. The third-order valence-electron chi connectivity index (χ3n) is 4.84. The molecule has 21 heavy (non-hydrogen) atoms. The van der Waals surface area contributed by atoms with Gasteiger partial charge in [0.1, 0.15) is 5.75 Å². The number of hydrogen-bond acceptors (Lipinski definition) is 3. The Kier molecular flexibility index (Phi) is 5.26. The van der Waals surface area contributed by atoms with Gasteiger partial charge in [0.15, 0.2) is 0 Å². The van der Waals surface area contributed by atoms with Gasteiger partial charge in [-0.25, -0.2) is 0 Å². The fourth-order valence-electron chi connectivity index (χ4n) is 3.31. The lowest BCUT2D eigenvalue weighted by atomic mass is 9.79. The molecule has 0 amide bonds. The zero-order valence-corrected chi connectivity index (χ0v) is 14.3. The molecule has 0 aromatic carbocycles. The molecule has 3 heteroatoms. The monoisotopic (exact) mass is 290 g/mol. The largest absolute Gasteiger partial charge is 0.496 e. The summed E-state index contributed by atoms with van der Waals surface area (Å²) >= 11 is 0. The second-order valence-electron chi connectivity index (χ2n) is 6.83. The SMILES string of the molecule is CCCNCC(C)(Cc1ncc(C)c(OC)c1C)C1CC1. The highest BCUT2D eigenvalue weighted by Crippen LogP contribution is 2.47. The third kappa shape index (κ3) is 3.76. The van der Waals surface area contributed by atoms with Gasteiger partial charge < -0.3 is 10.1 Å². The molecule has 1 fully saturated rings. The van der Waals surface area contributed by atoms with Crippen molar-refractivity contribution in [2.24, 2.45) is 11.3 Å². The van der Waals surface area contributed by atoms with E-state index in [4.69, 9.17) is 9.72 Å². The molecule has 1 saturated carbocycles. The van der Waals surface area contributed by atoms with E-state index in [9.17, 15) is 0 Å². The van der Waals surface area contributed by atoms with Crippen molar-refractivity contribution in [2.75, 3.05) is 20.2 Å². The summed E-state index contributed by atoms with van der Waals surface area (Å²) in [5.41, 5.74) is 3.84. The van der Waals surface area contributed by atoms with Gasteiger partial charge in [-0.3, -0.25) is 4.98 Å². The first-order valence-corrected chi connectivity index (χ1v) is 8.21. The van der Waals surface area contributed by atoms with E-state index in [1.165, 1.54) is 30.5 Å². The van der Waals surface area contributed by atoms with Crippen LogP contribution in [0.25, 0.3) is 0 Å². The van der Waals surface area contributed by atoms with Crippen LogP contribution >= 0.6 is 0 Å². The van der Waals surface area contributed by atoms with Crippen molar-refractivity contribution < 1.29 is 4.74 Å². The van der Waals surface area contributed by atoms with Crippen LogP contribution < -0.4 is 10.1 Å². The maximum Gasteiger partial charge on any atom is 0.128 e. The van der Waals surface area contributed by atoms with E-state index in [0.29, 0.717) is 5.41 Å². The van der Waals surface area contributed by atoms with Crippen LogP contribution in [0, 0.1) is 25.2 Å². The number of rotatable bonds is 8. The van der Waals surface area contributed by atoms with Gasteiger partial charge in [0.25, 0.3) is 0 Å². The van der Waals surface area contributed by atoms with E-state index < -0.39 is 0 Å². The van der Waals surface area contributed by atoms with Crippen LogP contribution in [0.3, 0.4) is 0 Å². The number of ether oxygens (including phenoxy) is 1. The van der Waals surface area contributed by atoms with Crippen molar-refractivity contribution in [3.8, 4) is 5.75 Å². The molecule has 1 aromatic rings. The number of hydrogen-bond donors (Lipinski definition) is 1. The molecular formula is C18H30N2O. The quantitative estimate of drug-likeness (QED) is 0.742. The summed E-state index contributed by atoms with van der Waals surface area (Å²) in [5, 5.41) is 3.62. The van der Waals surface area contributed by atoms with Gasteiger partial charge in [0.2, 0.25) is 0 Å². The maximum atomic E-state index is 5.55. The van der Waals surface area contributed by atoms with Crippen LogP contribution in [-0.4, -0.2) is 25.2 Å². The first-order chi connectivity index (χ1) is 10.0. The van der Waals surface area contributed by atoms with Crippen LogP contribution in [0.4, 0.5) is 0 Å². The zero-order chi connectivity index (χ0) is 15.5. The molecule has 1 atom stereocenters. The average Bonchev–Trinajstić information content (AvgIpc) is 3.28. The Balaban J connectivity index is 2.17. The smallest absolute Gasteiger partial charge is 0.128 e. The molecule has 1 unspecified atom stereocenters. The Labute approximate surface area is 129 Å². The average molecular weight is 290 g/mol. The van der Waals surface area contributed by atoms with Gasteiger partial charge >= 0.3 is 0 Å². The summed E-state index contributed by atoms with van der Waals surface area (Å²) in [6.07, 6.45) is 6.92. The van der Waals surface area contributed by atoms with Crippen molar-refractivity contribution in [1.82, 2.24) is 10.3 Å². The summed E-state index contributed by atoms with van der Waals surface area (Å²) in [5.74, 6) is 1.84. The lowest BCUT2D eigenvalue weighted by Crippen LogP contribution is -2.36. The normalized spacial score (nSPS) is 17.6. The first kappa shape index (κ1) is 16.3. The topological polar surface area (TPSA) is 34.2 Å². The Hall–Kier alpha value is -1.09. The Morgan fingerprint density at radius 2 is 2.10 bits per heavy atom. The molecule has 1 aliphatic rings. The molecular weight excluding hydrogens is 260 g/mol. The van der Waals surface area contributed by atoms with Gasteiger partial charge in [-0.15, -0.1) is 0 Å². The summed E-state index contributed by atoms with van der Waals surface area (Å²) in [7, 11) is 1.75. The summed E-state index contributed by atoms with van der Waals surface area (Å²) in [6.45, 7) is 11.0. The highest BCUT2D eigenvalue weighted by atomic mass is 16.5. The minimum atomic E-state index is 0.313. The Bertz CT molecular complexity index is 482. The van der Waals surface area contributed by atoms with E-state index in [1.54, 1.807) is 7.11 Å². The lowest BCUT2D eigenvalue weighted by molar-refractivity contribution is 0.253. The van der Waals surface area contributed by atoms with Crippen LogP contribution in [0.2, 0.25) is 0 Å². The maximum absolute atomic E-state index is 5.55. The number of nitrogens with zero attached hydrogens (tertiary/aromatic N) is 1. The van der Waals surface area contributed by atoms with Crippen molar-refractivity contribution in [2.45, 2.75) is 53.4 Å². The molecule has 2 rings (SSSR count). The molecule has 0 spiro atoms. The van der Waals surface area contributed by atoms with Crippen molar-refractivity contribution in [3.05, 3.63) is 23.0 Å². The van der Waals surface area contributed by atoms with Crippen LogP contribution in [0.1, 0.15) is 49.9 Å². The molecule has 1 aliphatic carbocycles. The zero-order valence-electron chi connectivity index (χ0n) is 14.3. The van der Waals surface area contributed by atoms with Crippen molar-refractivity contribution in [3.63, 3.8) is 0 Å². The molecule has 3 nitrogen and oxygen atoms in total. The summed E-state index contributed by atoms with van der Waals surface area (Å²) in [4.78, 5) is 4.70. The second kappa shape index (κ2) is 6.78. The number of methoxy groups -OCH3 is 1. The third-order valence-corrected chi connectivity index (χ3v) is 4.84. The van der Waals surface area contributed by atoms with Crippen molar-refractivity contribution in [1.29, 1.82) is 0 Å². The van der Waals surface area contributed by atoms with Crippen LogP contribution in [-0.2, 0) is 6.42 Å². The Morgan fingerprint density at radius 3 is 2.67 bits per heavy atom. The molecule has 1 N–H and O–H groups in total. The molecule has 0 bridgehead atoms. The van der Waals surface area contributed by atoms with Gasteiger partial charge in [-0.1, -0.05) is 13.8 Å². The van der Waals surface area contributed by atoms with Gasteiger partial charge in [0, 0.05) is 29.6 Å². The number of nitrogens with one attached hydrogen (secondary N) is 1. The number of aryl methyl sites for hydroxylation is 1. The van der Waals surface area contributed by atoms with Gasteiger partial charge in [-0.2, -0.15) is 0 Å². The first-order valence-electron chi connectivity index (χ1n) is 8.21. The van der Waals surface area contributed by atoms with E-state index >= 15 is 0 Å². The minimum absolute atomic E-state index is 0.313. The van der Waals surface area contributed by atoms with E-state index in [2.05, 4.69) is 33.0 Å². The molecule has 0 saturated heterocycles. The van der Waals surface area contributed by atoms with E-state index in [-0.39, 0.29) is 0 Å². The van der Waals surface area contributed by atoms with Crippen LogP contribution in [0.15, 0.2) is 6.20 Å². The Morgan fingerprint density at radius 1 is 1.38 bits per heavy atom.